The first-order valence-corrected chi connectivity index (χ1v) is 24.2. The zero-order valence-corrected chi connectivity index (χ0v) is 39.3. The zero-order chi connectivity index (χ0) is 49.1. The molecule has 6 aromatic rings. The average molecular weight is 958 g/mol. The summed E-state index contributed by atoms with van der Waals surface area (Å²) in [6.45, 7) is -0.734. The normalized spacial score (nSPS) is 23.5. The molecule has 4 aliphatic rings. The van der Waals surface area contributed by atoms with Crippen LogP contribution in [0.3, 0.4) is 0 Å². The Morgan fingerprint density at radius 3 is 2.28 bits per heavy atom. The number of hydrogen-bond acceptors (Lipinski definition) is 12. The summed E-state index contributed by atoms with van der Waals surface area (Å²) in [6, 6.07) is 34.6. The van der Waals surface area contributed by atoms with Crippen LogP contribution in [0.25, 0.3) is 11.0 Å². The number of aromatic nitrogens is 2. The molecule has 1 aliphatic carbocycles. The van der Waals surface area contributed by atoms with Crippen LogP contribution in [0.5, 0.6) is 5.75 Å². The number of aliphatic hydroxyl groups is 2. The van der Waals surface area contributed by atoms with Crippen molar-refractivity contribution >= 4 is 40.6 Å². The number of imide groups is 1. The molecule has 5 aromatic carbocycles. The van der Waals surface area contributed by atoms with Gasteiger partial charge in [-0.2, -0.15) is 0 Å². The number of aliphatic hydroxyl groups excluding tert-OH is 1. The van der Waals surface area contributed by atoms with Gasteiger partial charge in [0.25, 0.3) is 0 Å². The summed E-state index contributed by atoms with van der Waals surface area (Å²) in [5, 5.41) is 24.9. The molecule has 4 N–H and O–H groups in total. The molecule has 10 rings (SSSR count). The predicted octanol–water partition coefficient (Wildman–Crippen LogP) is 7.14. The van der Waals surface area contributed by atoms with Gasteiger partial charge in [0.05, 0.1) is 54.5 Å². The second-order valence-electron chi connectivity index (χ2n) is 18.5. The number of imidazole rings is 1. The highest BCUT2D eigenvalue weighted by molar-refractivity contribution is 6.23. The predicted molar refractivity (Wildman–Crippen MR) is 262 cm³/mol. The molecule has 1 spiro atoms. The van der Waals surface area contributed by atoms with Gasteiger partial charge >= 0.3 is 12.1 Å². The maximum Gasteiger partial charge on any atom is 0.421 e. The van der Waals surface area contributed by atoms with Crippen molar-refractivity contribution in [2.75, 3.05) is 38.4 Å². The van der Waals surface area contributed by atoms with E-state index in [1.807, 2.05) is 89.8 Å². The van der Waals surface area contributed by atoms with Crippen LogP contribution in [0, 0.1) is 17.8 Å². The summed E-state index contributed by atoms with van der Waals surface area (Å²) in [4.78, 5) is 73.5. The zero-order valence-electron chi connectivity index (χ0n) is 39.3. The van der Waals surface area contributed by atoms with Gasteiger partial charge in [-0.25, -0.2) is 14.7 Å². The number of nitrogens with one attached hydrogen (secondary N) is 2. The fourth-order valence-corrected chi connectivity index (χ4v) is 11.2. The van der Waals surface area contributed by atoms with E-state index in [0.717, 1.165) is 36.1 Å². The van der Waals surface area contributed by atoms with Crippen molar-refractivity contribution in [2.24, 2.45) is 5.92 Å². The second-order valence-corrected chi connectivity index (χ2v) is 18.5. The second kappa shape index (κ2) is 20.2. The number of morpholine rings is 1. The van der Waals surface area contributed by atoms with E-state index in [2.05, 4.69) is 22.1 Å². The minimum absolute atomic E-state index is 0.0372. The number of hydrogen-bond donors (Lipinski definition) is 4. The number of methoxy groups -OCH3 is 1. The van der Waals surface area contributed by atoms with Crippen LogP contribution in [0.4, 0.5) is 10.5 Å². The summed E-state index contributed by atoms with van der Waals surface area (Å²) < 4.78 is 23.9. The maximum atomic E-state index is 16.6. The standard InChI is InChI=1S/C56H55N5O10/c1-68-32-33-70-54(66)60-43-25-24-36(26-29-55(67)27-14-2-3-15-28-55)34-40(43)56(53(60)65)46(51(63)57-35-45-58-41-21-11-12-22-42(41)59-45)48-52(64)71-49(38-18-8-5-9-19-38)47(37-16-6-4-7-17-37)61(48)50(56)39-20-10-13-23-44(39)69-31-30-62/h4-13,16-25,34,46-50,62,67H,2-3,14-15,27-28,30-33,35H2,1H3,(H,57,63)(H,58,59). The van der Waals surface area contributed by atoms with E-state index >= 15 is 14.4 Å². The molecule has 364 valence electrons. The van der Waals surface area contributed by atoms with E-state index < -0.39 is 65.0 Å². The molecule has 3 aliphatic heterocycles. The van der Waals surface area contributed by atoms with Gasteiger partial charge in [-0.15, -0.1) is 0 Å². The minimum Gasteiger partial charge on any atom is -0.491 e. The molecular weight excluding hydrogens is 903 g/mol. The minimum atomic E-state index is -2.15. The van der Waals surface area contributed by atoms with Gasteiger partial charge in [-0.1, -0.05) is 116 Å². The smallest absolute Gasteiger partial charge is 0.421 e. The van der Waals surface area contributed by atoms with Crippen molar-refractivity contribution in [3.8, 4) is 17.6 Å². The van der Waals surface area contributed by atoms with E-state index in [1.165, 1.54) is 7.11 Å². The van der Waals surface area contributed by atoms with Crippen LogP contribution < -0.4 is 15.0 Å². The summed E-state index contributed by atoms with van der Waals surface area (Å²) in [7, 11) is 1.46. The molecule has 4 heterocycles. The van der Waals surface area contributed by atoms with Crippen molar-refractivity contribution in [1.29, 1.82) is 0 Å². The first-order valence-electron chi connectivity index (χ1n) is 24.2. The first-order chi connectivity index (χ1) is 34.7. The first kappa shape index (κ1) is 47.3. The number of cyclic esters (lactones) is 1. The topological polar surface area (TPSA) is 193 Å². The quantitative estimate of drug-likeness (QED) is 0.0420. The molecule has 3 amide bonds. The van der Waals surface area contributed by atoms with Gasteiger partial charge in [-0.3, -0.25) is 19.3 Å². The van der Waals surface area contributed by atoms with Crippen molar-refractivity contribution < 1.29 is 48.3 Å². The van der Waals surface area contributed by atoms with E-state index in [0.29, 0.717) is 46.4 Å². The summed E-state index contributed by atoms with van der Waals surface area (Å²) in [5.41, 5.74) is 0.560. The summed E-state index contributed by atoms with van der Waals surface area (Å²) in [5.74, 6) is 3.16. The van der Waals surface area contributed by atoms with Gasteiger partial charge < -0.3 is 39.5 Å². The number of amides is 3. The number of H-pyrrole nitrogens is 1. The van der Waals surface area contributed by atoms with Gasteiger partial charge in [0.2, 0.25) is 11.8 Å². The molecule has 15 heteroatoms. The lowest BCUT2D eigenvalue weighted by Crippen LogP contribution is -2.55. The fourth-order valence-electron chi connectivity index (χ4n) is 11.2. The number of para-hydroxylation sites is 3. The number of fused-ring (bicyclic) bond motifs is 4. The van der Waals surface area contributed by atoms with Crippen molar-refractivity contribution in [1.82, 2.24) is 20.2 Å². The van der Waals surface area contributed by atoms with Gasteiger partial charge in [0.15, 0.2) is 0 Å². The monoisotopic (exact) mass is 957 g/mol. The molecule has 3 fully saturated rings. The number of benzene rings is 5. The number of aromatic amines is 1. The van der Waals surface area contributed by atoms with Crippen molar-refractivity contribution in [2.45, 2.75) is 80.3 Å². The van der Waals surface area contributed by atoms with E-state index in [1.54, 1.807) is 42.5 Å². The number of esters is 1. The van der Waals surface area contributed by atoms with Crippen LogP contribution in [-0.4, -0.2) is 94.1 Å². The van der Waals surface area contributed by atoms with Crippen LogP contribution in [0.15, 0.2) is 127 Å². The largest absolute Gasteiger partial charge is 0.491 e. The Morgan fingerprint density at radius 1 is 0.845 bits per heavy atom. The number of anilines is 1. The van der Waals surface area contributed by atoms with Gasteiger partial charge in [-0.05, 0) is 78.8 Å². The molecule has 71 heavy (non-hydrogen) atoms. The highest BCUT2D eigenvalue weighted by Crippen LogP contribution is 2.66. The summed E-state index contributed by atoms with van der Waals surface area (Å²) >= 11 is 0. The SMILES string of the molecule is COCCOC(=O)N1C(=O)C2(c3cc(C#CC4(O)CCCCCC4)ccc31)C(C(=O)NCc1nc3ccccc3[nH]1)C1C(=O)OC(c3ccccc3)C(c3ccccc3)N1C2c1ccccc1OCCO. The fraction of sp³-hybridized carbons (Fsp3) is 0.339. The molecule has 1 saturated carbocycles. The number of ether oxygens (including phenoxy) is 4. The molecule has 15 nitrogen and oxygen atoms in total. The van der Waals surface area contributed by atoms with Crippen molar-refractivity contribution in [3.63, 3.8) is 0 Å². The van der Waals surface area contributed by atoms with Gasteiger partial charge in [0.1, 0.15) is 47.9 Å². The maximum absolute atomic E-state index is 16.6. The third-order valence-electron chi connectivity index (χ3n) is 14.2. The molecule has 6 atom stereocenters. The van der Waals surface area contributed by atoms with E-state index in [9.17, 15) is 15.0 Å². The Morgan fingerprint density at radius 2 is 1.55 bits per heavy atom. The third kappa shape index (κ3) is 8.71. The average Bonchev–Trinajstić information content (AvgIpc) is 3.97. The molecule has 1 aromatic heterocycles. The lowest BCUT2D eigenvalue weighted by molar-refractivity contribution is -0.178. The Hall–Kier alpha value is -7.35. The number of rotatable bonds is 12. The van der Waals surface area contributed by atoms with Gasteiger partial charge in [0, 0.05) is 18.2 Å². The Labute approximate surface area is 411 Å². The molecule has 2 saturated heterocycles. The lowest BCUT2D eigenvalue weighted by atomic mass is 9.65. The lowest BCUT2D eigenvalue weighted by Gasteiger charge is -2.46. The Bertz CT molecular complexity index is 2970. The highest BCUT2D eigenvalue weighted by Gasteiger charge is 2.76. The number of nitrogens with zero attached hydrogens (tertiary/aromatic N) is 3. The molecule has 6 unspecified atom stereocenters. The third-order valence-corrected chi connectivity index (χ3v) is 14.2. The number of carbonyl (C=O) groups excluding carboxylic acids is 4. The van der Waals surface area contributed by atoms with Crippen LogP contribution >= 0.6 is 0 Å². The molecular formula is C56H55N5O10. The van der Waals surface area contributed by atoms with Crippen molar-refractivity contribution in [3.05, 3.63) is 161 Å². The van der Waals surface area contributed by atoms with E-state index in [-0.39, 0.29) is 50.0 Å². The van der Waals surface area contributed by atoms with E-state index in [4.69, 9.17) is 23.9 Å². The van der Waals surface area contributed by atoms with Crippen LogP contribution in [-0.2, 0) is 40.6 Å². The number of carbonyl (C=O) groups is 4. The van der Waals surface area contributed by atoms with Crippen LogP contribution in [0.2, 0.25) is 0 Å². The highest BCUT2D eigenvalue weighted by atomic mass is 16.6. The molecule has 0 radical (unpaired) electrons. The summed E-state index contributed by atoms with van der Waals surface area (Å²) in [6.07, 6.45) is 2.62. The van der Waals surface area contributed by atoms with Crippen LogP contribution in [0.1, 0.15) is 90.4 Å². The Kier molecular flexibility index (Phi) is 13.4. The Balaban J connectivity index is 1.26. The molecule has 0 bridgehead atoms.